The fourth-order valence-electron chi connectivity index (χ4n) is 2.55. The Bertz CT molecular complexity index is 716. The van der Waals surface area contributed by atoms with E-state index in [-0.39, 0.29) is 5.41 Å². The van der Waals surface area contributed by atoms with Crippen LogP contribution in [-0.2, 0) is 12.0 Å². The van der Waals surface area contributed by atoms with Gasteiger partial charge in [-0.25, -0.2) is 0 Å². The Morgan fingerprint density at radius 1 is 1.24 bits per heavy atom. The first-order chi connectivity index (χ1) is 11.8. The van der Waals surface area contributed by atoms with Crippen LogP contribution < -0.4 is 10.6 Å². The van der Waals surface area contributed by atoms with Gasteiger partial charge in [0.15, 0.2) is 11.7 Å². The molecule has 5 nitrogen and oxygen atoms in total. The highest BCUT2D eigenvalue weighted by molar-refractivity contribution is 5.79. The van der Waals surface area contributed by atoms with Crippen LogP contribution >= 0.6 is 0 Å². The van der Waals surface area contributed by atoms with Crippen molar-refractivity contribution >= 4 is 5.96 Å². The van der Waals surface area contributed by atoms with E-state index < -0.39 is 0 Å². The summed E-state index contributed by atoms with van der Waals surface area (Å²) in [5.41, 5.74) is 3.56. The minimum absolute atomic E-state index is 0.000684. The summed E-state index contributed by atoms with van der Waals surface area (Å²) < 4.78 is 5.35. The zero-order chi connectivity index (χ0) is 18.4. The van der Waals surface area contributed by atoms with Crippen LogP contribution in [0.5, 0.6) is 0 Å². The van der Waals surface area contributed by atoms with E-state index in [0.717, 1.165) is 24.0 Å². The molecule has 0 spiro atoms. The normalized spacial score (nSPS) is 12.5. The van der Waals surface area contributed by atoms with Crippen LogP contribution in [0.2, 0.25) is 0 Å². The second-order valence-corrected chi connectivity index (χ2v) is 7.41. The van der Waals surface area contributed by atoms with Crippen molar-refractivity contribution in [2.75, 3.05) is 13.6 Å². The molecular formula is C20H30N4O. The number of aliphatic imine (C=N–C) groups is 1. The van der Waals surface area contributed by atoms with E-state index in [4.69, 9.17) is 4.52 Å². The molecule has 0 aliphatic heterocycles. The second kappa shape index (κ2) is 8.19. The first-order valence-corrected chi connectivity index (χ1v) is 8.79. The summed E-state index contributed by atoms with van der Waals surface area (Å²) in [5, 5.41) is 10.8. The highest BCUT2D eigenvalue weighted by Gasteiger charge is 2.21. The van der Waals surface area contributed by atoms with Crippen LogP contribution in [0.1, 0.15) is 56.2 Å². The summed E-state index contributed by atoms with van der Waals surface area (Å²) in [5.74, 6) is 1.93. The molecule has 2 N–H and O–H groups in total. The standard InChI is InChI=1S/C20H30N4O/c1-14(2)18-11-17(25-24-18)12-22-19(21-6)23-13-20(4,5)16-9-7-8-15(3)10-16/h7-11,14H,12-13H2,1-6H3,(H2,21,22,23). The summed E-state index contributed by atoms with van der Waals surface area (Å²) in [4.78, 5) is 4.29. The zero-order valence-electron chi connectivity index (χ0n) is 16.2. The smallest absolute Gasteiger partial charge is 0.191 e. The van der Waals surface area contributed by atoms with Crippen LogP contribution in [0.4, 0.5) is 0 Å². The minimum Gasteiger partial charge on any atom is -0.359 e. The Morgan fingerprint density at radius 3 is 2.60 bits per heavy atom. The van der Waals surface area contributed by atoms with Gasteiger partial charge >= 0.3 is 0 Å². The van der Waals surface area contributed by atoms with Gasteiger partial charge < -0.3 is 15.2 Å². The van der Waals surface area contributed by atoms with E-state index in [1.165, 1.54) is 11.1 Å². The highest BCUT2D eigenvalue weighted by Crippen LogP contribution is 2.23. The summed E-state index contributed by atoms with van der Waals surface area (Å²) in [6.45, 7) is 12.1. The van der Waals surface area contributed by atoms with Crippen molar-refractivity contribution in [1.29, 1.82) is 0 Å². The van der Waals surface area contributed by atoms with Gasteiger partial charge in [-0.15, -0.1) is 0 Å². The highest BCUT2D eigenvalue weighted by atomic mass is 16.5. The molecule has 2 aromatic rings. The predicted octanol–water partition coefficient (Wildman–Crippen LogP) is 3.75. The third-order valence-corrected chi connectivity index (χ3v) is 4.32. The molecule has 1 aromatic carbocycles. The average Bonchev–Trinajstić information content (AvgIpc) is 3.04. The van der Waals surface area contributed by atoms with E-state index in [1.807, 2.05) is 6.07 Å². The van der Waals surface area contributed by atoms with E-state index in [0.29, 0.717) is 12.5 Å². The van der Waals surface area contributed by atoms with Crippen LogP contribution in [0.3, 0.4) is 0 Å². The van der Waals surface area contributed by atoms with E-state index in [1.54, 1.807) is 7.05 Å². The topological polar surface area (TPSA) is 62.5 Å². The van der Waals surface area contributed by atoms with Crippen molar-refractivity contribution < 1.29 is 4.52 Å². The van der Waals surface area contributed by atoms with Gasteiger partial charge in [0.1, 0.15) is 0 Å². The summed E-state index contributed by atoms with van der Waals surface area (Å²) in [6, 6.07) is 10.6. The Labute approximate surface area is 150 Å². The molecule has 0 radical (unpaired) electrons. The van der Waals surface area contributed by atoms with Gasteiger partial charge in [-0.3, -0.25) is 4.99 Å². The average molecular weight is 342 g/mol. The molecule has 0 aliphatic rings. The molecule has 0 bridgehead atoms. The number of hydrogen-bond acceptors (Lipinski definition) is 3. The molecule has 0 unspecified atom stereocenters. The lowest BCUT2D eigenvalue weighted by Gasteiger charge is -2.27. The predicted molar refractivity (Wildman–Crippen MR) is 103 cm³/mol. The van der Waals surface area contributed by atoms with Gasteiger partial charge in [-0.2, -0.15) is 0 Å². The largest absolute Gasteiger partial charge is 0.359 e. The Hall–Kier alpha value is -2.30. The molecule has 2 rings (SSSR count). The van der Waals surface area contributed by atoms with E-state index >= 15 is 0 Å². The third-order valence-electron chi connectivity index (χ3n) is 4.32. The molecule has 136 valence electrons. The van der Waals surface area contributed by atoms with Gasteiger partial charge in [-0.1, -0.05) is 62.7 Å². The third kappa shape index (κ3) is 5.34. The van der Waals surface area contributed by atoms with Gasteiger partial charge in [0.25, 0.3) is 0 Å². The molecule has 0 atom stereocenters. The Morgan fingerprint density at radius 2 is 2.00 bits per heavy atom. The van der Waals surface area contributed by atoms with E-state index in [2.05, 4.69) is 79.7 Å². The number of rotatable bonds is 6. The van der Waals surface area contributed by atoms with Gasteiger partial charge in [-0.05, 0) is 18.4 Å². The van der Waals surface area contributed by atoms with Crippen LogP contribution in [0.25, 0.3) is 0 Å². The number of benzene rings is 1. The molecule has 0 amide bonds. The minimum atomic E-state index is 0.000684. The Balaban J connectivity index is 1.91. The maximum absolute atomic E-state index is 5.35. The van der Waals surface area contributed by atoms with Crippen molar-refractivity contribution in [2.45, 2.75) is 52.5 Å². The lowest BCUT2D eigenvalue weighted by molar-refractivity contribution is 0.371. The number of guanidine groups is 1. The molecule has 0 fully saturated rings. The number of aromatic nitrogens is 1. The molecule has 25 heavy (non-hydrogen) atoms. The molecule has 0 saturated heterocycles. The molecule has 5 heteroatoms. The van der Waals surface area contributed by atoms with Gasteiger partial charge in [0, 0.05) is 25.1 Å². The van der Waals surface area contributed by atoms with Gasteiger partial charge in [0.05, 0.1) is 12.2 Å². The second-order valence-electron chi connectivity index (χ2n) is 7.41. The van der Waals surface area contributed by atoms with Crippen molar-refractivity contribution in [3.05, 3.63) is 52.9 Å². The number of nitrogens with zero attached hydrogens (tertiary/aromatic N) is 2. The van der Waals surface area contributed by atoms with Crippen molar-refractivity contribution in [3.63, 3.8) is 0 Å². The molecule has 1 heterocycles. The van der Waals surface area contributed by atoms with Crippen LogP contribution in [0, 0.1) is 6.92 Å². The number of aryl methyl sites for hydroxylation is 1. The quantitative estimate of drug-likeness (QED) is 0.620. The monoisotopic (exact) mass is 342 g/mol. The molecule has 0 saturated carbocycles. The van der Waals surface area contributed by atoms with Crippen molar-refractivity contribution in [2.24, 2.45) is 4.99 Å². The lowest BCUT2D eigenvalue weighted by Crippen LogP contribution is -2.43. The molecule has 0 aliphatic carbocycles. The van der Waals surface area contributed by atoms with Crippen molar-refractivity contribution in [3.8, 4) is 0 Å². The maximum Gasteiger partial charge on any atom is 0.191 e. The number of nitrogens with one attached hydrogen (secondary N) is 2. The summed E-state index contributed by atoms with van der Waals surface area (Å²) in [6.07, 6.45) is 0. The lowest BCUT2D eigenvalue weighted by atomic mass is 9.84. The fraction of sp³-hybridized carbons (Fsp3) is 0.500. The van der Waals surface area contributed by atoms with Gasteiger partial charge in [0.2, 0.25) is 0 Å². The van der Waals surface area contributed by atoms with Crippen LogP contribution in [0.15, 0.2) is 39.8 Å². The van der Waals surface area contributed by atoms with Crippen molar-refractivity contribution in [1.82, 2.24) is 15.8 Å². The fourth-order valence-corrected chi connectivity index (χ4v) is 2.55. The molecular weight excluding hydrogens is 312 g/mol. The number of hydrogen-bond donors (Lipinski definition) is 2. The maximum atomic E-state index is 5.35. The first-order valence-electron chi connectivity index (χ1n) is 8.79. The summed E-state index contributed by atoms with van der Waals surface area (Å²) >= 11 is 0. The zero-order valence-corrected chi connectivity index (χ0v) is 16.2. The van der Waals surface area contributed by atoms with E-state index in [9.17, 15) is 0 Å². The first kappa shape index (κ1) is 19.0. The SMILES string of the molecule is CN=C(NCc1cc(C(C)C)no1)NCC(C)(C)c1cccc(C)c1. The molecule has 1 aromatic heterocycles. The summed E-state index contributed by atoms with van der Waals surface area (Å²) in [7, 11) is 1.77. The Kier molecular flexibility index (Phi) is 6.23. The van der Waals surface area contributed by atoms with Crippen LogP contribution in [-0.4, -0.2) is 24.7 Å².